The number of aromatic nitrogens is 2. The highest BCUT2D eigenvalue weighted by molar-refractivity contribution is 7.98. The van der Waals surface area contributed by atoms with Crippen molar-refractivity contribution in [3.05, 3.63) is 11.9 Å². The lowest BCUT2D eigenvalue weighted by Crippen LogP contribution is -2.09. The minimum absolute atomic E-state index is 0.879. The Balaban J connectivity index is 2.55. The molecule has 0 saturated heterocycles. The molecule has 0 aliphatic carbocycles. The lowest BCUT2D eigenvalue weighted by molar-refractivity contribution is 0.968. The Morgan fingerprint density at radius 3 is 2.56 bits per heavy atom. The van der Waals surface area contributed by atoms with Gasteiger partial charge in [0.05, 0.1) is 0 Å². The average Bonchev–Trinajstić information content (AvgIpc) is 2.29. The van der Waals surface area contributed by atoms with Gasteiger partial charge in [0.15, 0.2) is 0 Å². The van der Waals surface area contributed by atoms with Gasteiger partial charge in [-0.3, -0.25) is 0 Å². The van der Waals surface area contributed by atoms with Gasteiger partial charge < -0.3 is 10.6 Å². The topological polar surface area (TPSA) is 49.8 Å². The third-order valence-electron chi connectivity index (χ3n) is 2.25. The zero-order valence-corrected chi connectivity index (χ0v) is 11.0. The summed E-state index contributed by atoms with van der Waals surface area (Å²) in [6.45, 7) is 5.94. The van der Waals surface area contributed by atoms with Crippen LogP contribution in [0.5, 0.6) is 0 Å². The molecule has 0 atom stereocenters. The molecule has 0 fully saturated rings. The van der Waals surface area contributed by atoms with Gasteiger partial charge in [-0.05, 0) is 32.3 Å². The molecule has 0 bridgehead atoms. The van der Waals surface area contributed by atoms with Gasteiger partial charge in [-0.25, -0.2) is 9.97 Å². The van der Waals surface area contributed by atoms with E-state index in [-0.39, 0.29) is 0 Å². The molecule has 90 valence electrons. The van der Waals surface area contributed by atoms with E-state index in [4.69, 9.17) is 0 Å². The number of nitrogens with one attached hydrogen (secondary N) is 2. The molecule has 1 aromatic rings. The maximum Gasteiger partial charge on any atom is 0.134 e. The summed E-state index contributed by atoms with van der Waals surface area (Å²) in [5, 5.41) is 6.56. The van der Waals surface area contributed by atoms with Gasteiger partial charge in [0, 0.05) is 18.7 Å². The van der Waals surface area contributed by atoms with Crippen LogP contribution in [0.2, 0.25) is 0 Å². The van der Waals surface area contributed by atoms with Crippen LogP contribution in [0.4, 0.5) is 11.6 Å². The quantitative estimate of drug-likeness (QED) is 0.717. The predicted octanol–water partition coefficient (Wildman–Crippen LogP) is 2.38. The Kier molecular flexibility index (Phi) is 6.00. The Bertz CT molecular complexity index is 317. The lowest BCUT2D eigenvalue weighted by atomic mass is 10.3. The van der Waals surface area contributed by atoms with Crippen molar-refractivity contribution in [3.63, 3.8) is 0 Å². The highest BCUT2D eigenvalue weighted by Crippen LogP contribution is 2.17. The second kappa shape index (κ2) is 7.33. The molecule has 1 heterocycles. The zero-order chi connectivity index (χ0) is 11.8. The first-order valence-electron chi connectivity index (χ1n) is 5.57. The van der Waals surface area contributed by atoms with Crippen LogP contribution in [0.1, 0.15) is 18.9 Å². The molecule has 2 N–H and O–H groups in total. The van der Waals surface area contributed by atoms with E-state index in [1.54, 1.807) is 6.33 Å². The Hall–Kier alpha value is -0.970. The van der Waals surface area contributed by atoms with Crippen LogP contribution in [0.3, 0.4) is 0 Å². The third-order valence-corrected chi connectivity index (χ3v) is 2.94. The number of hydrogen-bond donors (Lipinski definition) is 2. The summed E-state index contributed by atoms with van der Waals surface area (Å²) in [5.74, 6) is 3.04. The van der Waals surface area contributed by atoms with E-state index in [1.807, 2.05) is 18.7 Å². The van der Waals surface area contributed by atoms with Gasteiger partial charge in [-0.15, -0.1) is 0 Å². The minimum Gasteiger partial charge on any atom is -0.370 e. The van der Waals surface area contributed by atoms with Crippen molar-refractivity contribution in [2.45, 2.75) is 20.3 Å². The molecule has 0 aromatic carbocycles. The van der Waals surface area contributed by atoms with Crippen LogP contribution in [-0.4, -0.2) is 35.1 Å². The van der Waals surface area contributed by atoms with Crippen molar-refractivity contribution in [1.82, 2.24) is 9.97 Å². The minimum atomic E-state index is 0.879. The molecule has 0 spiro atoms. The first-order chi connectivity index (χ1) is 7.79. The molecule has 16 heavy (non-hydrogen) atoms. The number of rotatable bonds is 7. The van der Waals surface area contributed by atoms with Crippen LogP contribution in [0.25, 0.3) is 0 Å². The molecule has 1 rings (SSSR count). The first-order valence-corrected chi connectivity index (χ1v) is 6.97. The molecule has 5 heteroatoms. The van der Waals surface area contributed by atoms with Gasteiger partial charge in [-0.2, -0.15) is 11.8 Å². The number of thioether (sulfide) groups is 1. The van der Waals surface area contributed by atoms with Crippen LogP contribution in [-0.2, 0) is 0 Å². The second-order valence-corrected chi connectivity index (χ2v) is 4.48. The average molecular weight is 240 g/mol. The maximum absolute atomic E-state index is 4.25. The summed E-state index contributed by atoms with van der Waals surface area (Å²) < 4.78 is 0. The van der Waals surface area contributed by atoms with Gasteiger partial charge in [0.1, 0.15) is 18.0 Å². The molecule has 1 aromatic heterocycles. The molecule has 0 unspecified atom stereocenters. The molecule has 4 nitrogen and oxygen atoms in total. The molecule has 0 aliphatic heterocycles. The number of hydrogen-bond acceptors (Lipinski definition) is 5. The summed E-state index contributed by atoms with van der Waals surface area (Å²) in [7, 11) is 0. The lowest BCUT2D eigenvalue weighted by Gasteiger charge is -2.11. The van der Waals surface area contributed by atoms with Crippen LogP contribution in [0, 0.1) is 6.92 Å². The smallest absolute Gasteiger partial charge is 0.134 e. The van der Waals surface area contributed by atoms with Gasteiger partial charge in [0.25, 0.3) is 0 Å². The van der Waals surface area contributed by atoms with Crippen molar-refractivity contribution in [1.29, 1.82) is 0 Å². The van der Waals surface area contributed by atoms with Crippen molar-refractivity contribution in [2.75, 3.05) is 35.7 Å². The molecular weight excluding hydrogens is 220 g/mol. The Labute approximate surface area is 102 Å². The Morgan fingerprint density at radius 1 is 1.25 bits per heavy atom. The van der Waals surface area contributed by atoms with E-state index in [1.165, 1.54) is 5.75 Å². The van der Waals surface area contributed by atoms with Crippen molar-refractivity contribution >= 4 is 23.4 Å². The summed E-state index contributed by atoms with van der Waals surface area (Å²) in [5.41, 5.74) is 1.09. The molecule has 0 amide bonds. The van der Waals surface area contributed by atoms with Crippen molar-refractivity contribution < 1.29 is 0 Å². The van der Waals surface area contributed by atoms with Gasteiger partial charge in [-0.1, -0.05) is 0 Å². The fraction of sp³-hybridized carbons (Fsp3) is 0.636. The second-order valence-electron chi connectivity index (χ2n) is 3.50. The summed E-state index contributed by atoms with van der Waals surface area (Å²) in [4.78, 5) is 8.46. The van der Waals surface area contributed by atoms with Crippen LogP contribution < -0.4 is 10.6 Å². The molecular formula is C11H20N4S. The number of nitrogens with zero attached hydrogens (tertiary/aromatic N) is 2. The third kappa shape index (κ3) is 3.89. The summed E-state index contributed by atoms with van der Waals surface area (Å²) in [6.07, 6.45) is 4.88. The molecule has 0 saturated carbocycles. The van der Waals surface area contributed by atoms with Gasteiger partial charge >= 0.3 is 0 Å². The summed E-state index contributed by atoms with van der Waals surface area (Å²) >= 11 is 1.87. The van der Waals surface area contributed by atoms with E-state index in [2.05, 4.69) is 33.8 Å². The van der Waals surface area contributed by atoms with E-state index in [9.17, 15) is 0 Å². The number of anilines is 2. The first kappa shape index (κ1) is 13.1. The zero-order valence-electron chi connectivity index (χ0n) is 10.2. The fourth-order valence-corrected chi connectivity index (χ4v) is 1.83. The van der Waals surface area contributed by atoms with Crippen LogP contribution >= 0.6 is 11.8 Å². The maximum atomic E-state index is 4.25. The standard InChI is InChI=1S/C11H20N4S/c1-4-12-10-9(2)11(15-8-14-10)13-6-5-7-16-3/h8H,4-7H2,1-3H3,(H2,12,13,14,15). The normalized spacial score (nSPS) is 10.2. The largest absolute Gasteiger partial charge is 0.370 e. The molecule has 0 radical (unpaired) electrons. The van der Waals surface area contributed by atoms with Crippen molar-refractivity contribution in [2.24, 2.45) is 0 Å². The molecule has 0 aliphatic rings. The summed E-state index contributed by atoms with van der Waals surface area (Å²) in [6, 6.07) is 0. The van der Waals surface area contributed by atoms with E-state index >= 15 is 0 Å². The monoisotopic (exact) mass is 240 g/mol. The van der Waals surface area contributed by atoms with Crippen molar-refractivity contribution in [3.8, 4) is 0 Å². The van der Waals surface area contributed by atoms with E-state index in [0.29, 0.717) is 0 Å². The van der Waals surface area contributed by atoms with E-state index in [0.717, 1.165) is 36.7 Å². The highest BCUT2D eigenvalue weighted by atomic mass is 32.2. The fourth-order valence-electron chi connectivity index (χ4n) is 1.40. The Morgan fingerprint density at radius 2 is 1.94 bits per heavy atom. The van der Waals surface area contributed by atoms with E-state index < -0.39 is 0 Å². The van der Waals surface area contributed by atoms with Crippen LogP contribution in [0.15, 0.2) is 6.33 Å². The highest BCUT2D eigenvalue weighted by Gasteiger charge is 2.04. The van der Waals surface area contributed by atoms with Gasteiger partial charge in [0.2, 0.25) is 0 Å². The predicted molar refractivity (Wildman–Crippen MR) is 72.4 cm³/mol. The SMILES string of the molecule is CCNc1ncnc(NCCCSC)c1C.